The molecule has 0 bridgehead atoms. The van der Waals surface area contributed by atoms with Crippen LogP contribution in [0.5, 0.6) is 0 Å². The highest BCUT2D eigenvalue weighted by atomic mass is 35.5. The van der Waals surface area contributed by atoms with Crippen LogP contribution < -0.4 is 5.32 Å². The molecule has 0 saturated carbocycles. The molecule has 0 amide bonds. The molecule has 0 fully saturated rings. The Morgan fingerprint density at radius 2 is 2.06 bits per heavy atom. The first-order valence-corrected chi connectivity index (χ1v) is 7.34. The van der Waals surface area contributed by atoms with Crippen LogP contribution in [0.3, 0.4) is 0 Å². The van der Waals surface area contributed by atoms with E-state index in [0.717, 1.165) is 0 Å². The molecule has 1 N–H and O–H groups in total. The van der Waals surface area contributed by atoms with Crippen molar-refractivity contribution >= 4 is 51.4 Å². The molecule has 1 rings (SSSR count). The zero-order chi connectivity index (χ0) is 12.3. The van der Waals surface area contributed by atoms with Crippen molar-refractivity contribution in [3.8, 4) is 0 Å². The predicted molar refractivity (Wildman–Crippen MR) is 71.3 cm³/mol. The molecular weight excluding hydrogens is 291 g/mol. The van der Waals surface area contributed by atoms with E-state index in [1.54, 1.807) is 6.26 Å². The molecule has 0 aromatic carbocycles. The van der Waals surface area contributed by atoms with Gasteiger partial charge in [-0.2, -0.15) is 0 Å². The minimum atomic E-state index is -0.878. The number of hydrogen-bond donors (Lipinski definition) is 1. The SMILES string of the molecule is CC(CS(C)=O)Nc1nc(Cl)c(Cl)cc1Cl. The topological polar surface area (TPSA) is 42.0 Å². The summed E-state index contributed by atoms with van der Waals surface area (Å²) in [5.41, 5.74) is 0. The Hall–Kier alpha value is -0.0300. The van der Waals surface area contributed by atoms with Gasteiger partial charge in [0.2, 0.25) is 0 Å². The molecule has 0 radical (unpaired) electrons. The molecule has 0 spiro atoms. The molecule has 2 unspecified atom stereocenters. The van der Waals surface area contributed by atoms with Gasteiger partial charge < -0.3 is 5.32 Å². The Labute approximate surface area is 112 Å². The van der Waals surface area contributed by atoms with Gasteiger partial charge in [0, 0.05) is 28.9 Å². The van der Waals surface area contributed by atoms with E-state index in [0.29, 0.717) is 21.6 Å². The van der Waals surface area contributed by atoms with Gasteiger partial charge in [-0.3, -0.25) is 4.21 Å². The number of anilines is 1. The van der Waals surface area contributed by atoms with Gasteiger partial charge in [0.05, 0.1) is 10.0 Å². The molecular formula is C9H11Cl3N2OS. The average molecular weight is 302 g/mol. The predicted octanol–water partition coefficient (Wildman–Crippen LogP) is 3.22. The Bertz CT molecular complexity index is 414. The van der Waals surface area contributed by atoms with Gasteiger partial charge in [0.1, 0.15) is 11.0 Å². The number of halogens is 3. The molecule has 1 aromatic rings. The zero-order valence-corrected chi connectivity index (χ0v) is 11.8. The standard InChI is InChI=1S/C9H11Cl3N2OS/c1-5(4-16(2)15)13-9-7(11)3-6(10)8(12)14-9/h3,5H,4H2,1-2H3,(H,13,14). The van der Waals surface area contributed by atoms with Gasteiger partial charge in [0.15, 0.2) is 0 Å². The Kier molecular flexibility index (Phi) is 5.31. The number of pyridine rings is 1. The number of nitrogens with one attached hydrogen (secondary N) is 1. The molecule has 3 nitrogen and oxygen atoms in total. The van der Waals surface area contributed by atoms with Crippen LogP contribution in [0.2, 0.25) is 15.2 Å². The zero-order valence-electron chi connectivity index (χ0n) is 8.76. The maximum Gasteiger partial charge on any atom is 0.150 e. The van der Waals surface area contributed by atoms with Crippen LogP contribution in [0.25, 0.3) is 0 Å². The smallest absolute Gasteiger partial charge is 0.150 e. The number of aromatic nitrogens is 1. The van der Waals surface area contributed by atoms with Crippen molar-refractivity contribution in [2.75, 3.05) is 17.3 Å². The number of nitrogens with zero attached hydrogens (tertiary/aromatic N) is 1. The second-order valence-electron chi connectivity index (χ2n) is 3.38. The van der Waals surface area contributed by atoms with Crippen LogP contribution in [-0.4, -0.2) is 27.2 Å². The monoisotopic (exact) mass is 300 g/mol. The first kappa shape index (κ1) is 14.0. The van der Waals surface area contributed by atoms with Crippen molar-refractivity contribution in [3.05, 3.63) is 21.3 Å². The lowest BCUT2D eigenvalue weighted by molar-refractivity contribution is 0.683. The minimum Gasteiger partial charge on any atom is -0.365 e. The van der Waals surface area contributed by atoms with E-state index in [9.17, 15) is 4.21 Å². The van der Waals surface area contributed by atoms with Crippen LogP contribution >= 0.6 is 34.8 Å². The number of hydrogen-bond acceptors (Lipinski definition) is 3. The highest BCUT2D eigenvalue weighted by Gasteiger charge is 2.11. The molecule has 16 heavy (non-hydrogen) atoms. The van der Waals surface area contributed by atoms with Gasteiger partial charge in [-0.1, -0.05) is 34.8 Å². The van der Waals surface area contributed by atoms with Crippen LogP contribution in [0.4, 0.5) is 5.82 Å². The maximum absolute atomic E-state index is 11.0. The van der Waals surface area contributed by atoms with Crippen molar-refractivity contribution < 1.29 is 4.21 Å². The largest absolute Gasteiger partial charge is 0.365 e. The van der Waals surface area contributed by atoms with Crippen molar-refractivity contribution in [2.24, 2.45) is 0 Å². The highest BCUT2D eigenvalue weighted by molar-refractivity contribution is 7.84. The van der Waals surface area contributed by atoms with Crippen LogP contribution in [0.1, 0.15) is 6.92 Å². The summed E-state index contributed by atoms with van der Waals surface area (Å²) in [4.78, 5) is 4.01. The third kappa shape index (κ3) is 4.09. The minimum absolute atomic E-state index is 0.00641. The van der Waals surface area contributed by atoms with Gasteiger partial charge in [-0.15, -0.1) is 0 Å². The molecule has 90 valence electrons. The van der Waals surface area contributed by atoms with Crippen LogP contribution in [-0.2, 0) is 10.8 Å². The second-order valence-corrected chi connectivity index (χ2v) is 6.03. The van der Waals surface area contributed by atoms with Gasteiger partial charge in [0.25, 0.3) is 0 Å². The molecule has 0 aliphatic heterocycles. The van der Waals surface area contributed by atoms with E-state index in [4.69, 9.17) is 34.8 Å². The van der Waals surface area contributed by atoms with Gasteiger partial charge in [-0.05, 0) is 13.0 Å². The Balaban J connectivity index is 2.81. The molecule has 2 atom stereocenters. The lowest BCUT2D eigenvalue weighted by atomic mass is 10.3. The van der Waals surface area contributed by atoms with E-state index >= 15 is 0 Å². The molecule has 1 heterocycles. The Morgan fingerprint density at radius 1 is 1.44 bits per heavy atom. The summed E-state index contributed by atoms with van der Waals surface area (Å²) in [7, 11) is -0.878. The summed E-state index contributed by atoms with van der Waals surface area (Å²) in [6.45, 7) is 1.89. The lowest BCUT2D eigenvalue weighted by Gasteiger charge is -2.14. The van der Waals surface area contributed by atoms with Crippen molar-refractivity contribution in [1.82, 2.24) is 4.98 Å². The summed E-state index contributed by atoms with van der Waals surface area (Å²) in [6.07, 6.45) is 1.64. The molecule has 0 saturated heterocycles. The summed E-state index contributed by atoms with van der Waals surface area (Å²) in [5.74, 6) is 0.965. The first-order valence-electron chi connectivity index (χ1n) is 4.48. The normalized spacial score (nSPS) is 14.6. The van der Waals surface area contributed by atoms with Crippen molar-refractivity contribution in [1.29, 1.82) is 0 Å². The van der Waals surface area contributed by atoms with E-state index < -0.39 is 10.8 Å². The summed E-state index contributed by atoms with van der Waals surface area (Å²) >= 11 is 17.5. The second kappa shape index (κ2) is 6.05. The molecule has 0 aliphatic carbocycles. The Morgan fingerprint density at radius 3 is 2.62 bits per heavy atom. The fraction of sp³-hybridized carbons (Fsp3) is 0.444. The van der Waals surface area contributed by atoms with Crippen molar-refractivity contribution in [2.45, 2.75) is 13.0 Å². The summed E-state index contributed by atoms with van der Waals surface area (Å²) in [6, 6.07) is 1.52. The molecule has 1 aromatic heterocycles. The van der Waals surface area contributed by atoms with E-state index in [1.165, 1.54) is 6.07 Å². The van der Waals surface area contributed by atoms with E-state index in [2.05, 4.69) is 10.3 Å². The number of rotatable bonds is 4. The van der Waals surface area contributed by atoms with Crippen molar-refractivity contribution in [3.63, 3.8) is 0 Å². The third-order valence-corrected chi connectivity index (χ3v) is 3.69. The first-order chi connectivity index (χ1) is 7.40. The fourth-order valence-corrected chi connectivity index (χ4v) is 2.51. The van der Waals surface area contributed by atoms with Gasteiger partial charge in [-0.25, -0.2) is 4.98 Å². The summed E-state index contributed by atoms with van der Waals surface area (Å²) < 4.78 is 11.0. The average Bonchev–Trinajstić information content (AvgIpc) is 2.12. The maximum atomic E-state index is 11.0. The van der Waals surface area contributed by atoms with E-state index in [1.807, 2.05) is 6.92 Å². The van der Waals surface area contributed by atoms with Crippen LogP contribution in [0.15, 0.2) is 6.07 Å². The molecule has 0 aliphatic rings. The summed E-state index contributed by atoms with van der Waals surface area (Å²) in [5, 5.41) is 3.92. The third-order valence-electron chi connectivity index (χ3n) is 1.75. The lowest BCUT2D eigenvalue weighted by Crippen LogP contribution is -2.23. The van der Waals surface area contributed by atoms with E-state index in [-0.39, 0.29) is 11.2 Å². The van der Waals surface area contributed by atoms with Crippen LogP contribution in [0, 0.1) is 0 Å². The highest BCUT2D eigenvalue weighted by Crippen LogP contribution is 2.29. The quantitative estimate of drug-likeness (QED) is 0.868. The fourth-order valence-electron chi connectivity index (χ4n) is 1.17. The van der Waals surface area contributed by atoms with Gasteiger partial charge >= 0.3 is 0 Å². The molecule has 7 heteroatoms.